The molecule has 0 amide bonds. The zero-order chi connectivity index (χ0) is 12.4. The van der Waals surface area contributed by atoms with E-state index < -0.39 is 11.6 Å². The van der Waals surface area contributed by atoms with Crippen molar-refractivity contribution >= 4 is 0 Å². The van der Waals surface area contributed by atoms with Crippen molar-refractivity contribution in [1.29, 1.82) is 0 Å². The summed E-state index contributed by atoms with van der Waals surface area (Å²) >= 11 is 0. The van der Waals surface area contributed by atoms with E-state index in [-0.39, 0.29) is 12.5 Å². The largest absolute Gasteiger partial charge is 0.338 e. The first kappa shape index (κ1) is 11.7. The molecule has 2 N–H and O–H groups in total. The Morgan fingerprint density at radius 2 is 2.18 bits per heavy atom. The minimum atomic E-state index is -0.628. The molecular formula is C11H11F2N3O. The van der Waals surface area contributed by atoms with Crippen molar-refractivity contribution in [3.8, 4) is 0 Å². The Labute approximate surface area is 96.4 Å². The summed E-state index contributed by atoms with van der Waals surface area (Å²) in [5.74, 6) is -0.627. The molecule has 90 valence electrons. The van der Waals surface area contributed by atoms with Gasteiger partial charge in [-0.2, -0.15) is 4.98 Å². The molecular weight excluding hydrogens is 228 g/mol. The lowest BCUT2D eigenvalue weighted by Gasteiger charge is -1.99. The van der Waals surface area contributed by atoms with E-state index in [2.05, 4.69) is 10.1 Å². The number of hydrogen-bond acceptors (Lipinski definition) is 4. The number of nitrogens with two attached hydrogens (primary N) is 1. The molecule has 0 spiro atoms. The van der Waals surface area contributed by atoms with Crippen molar-refractivity contribution < 1.29 is 13.3 Å². The maximum atomic E-state index is 13.4. The van der Waals surface area contributed by atoms with Gasteiger partial charge >= 0.3 is 0 Å². The van der Waals surface area contributed by atoms with Crippen LogP contribution in [-0.2, 0) is 6.42 Å². The zero-order valence-corrected chi connectivity index (χ0v) is 9.15. The molecule has 0 radical (unpaired) electrons. The van der Waals surface area contributed by atoms with Gasteiger partial charge in [0, 0.05) is 12.5 Å². The number of aromatic nitrogens is 2. The summed E-state index contributed by atoms with van der Waals surface area (Å²) in [6.45, 7) is 1.70. The van der Waals surface area contributed by atoms with E-state index in [1.54, 1.807) is 6.92 Å². The van der Waals surface area contributed by atoms with Crippen LogP contribution in [0.4, 0.5) is 8.78 Å². The van der Waals surface area contributed by atoms with Gasteiger partial charge in [0.2, 0.25) is 5.89 Å². The van der Waals surface area contributed by atoms with Gasteiger partial charge in [-0.1, -0.05) is 11.2 Å². The van der Waals surface area contributed by atoms with Crippen LogP contribution < -0.4 is 5.73 Å². The van der Waals surface area contributed by atoms with Crippen molar-refractivity contribution in [3.05, 3.63) is 47.1 Å². The van der Waals surface area contributed by atoms with E-state index in [0.29, 0.717) is 17.3 Å². The normalized spacial score (nSPS) is 12.7. The lowest BCUT2D eigenvalue weighted by Crippen LogP contribution is -2.05. The molecule has 17 heavy (non-hydrogen) atoms. The number of halogens is 2. The highest BCUT2D eigenvalue weighted by molar-refractivity contribution is 5.21. The molecule has 1 aromatic carbocycles. The van der Waals surface area contributed by atoms with Gasteiger partial charge < -0.3 is 10.3 Å². The van der Waals surface area contributed by atoms with Crippen LogP contribution in [0.5, 0.6) is 0 Å². The van der Waals surface area contributed by atoms with Gasteiger partial charge in [-0.3, -0.25) is 0 Å². The molecule has 0 unspecified atom stereocenters. The topological polar surface area (TPSA) is 64.9 Å². The van der Waals surface area contributed by atoms with E-state index in [9.17, 15) is 8.78 Å². The summed E-state index contributed by atoms with van der Waals surface area (Å²) in [4.78, 5) is 4.01. The molecule has 2 rings (SSSR count). The third kappa shape index (κ3) is 2.65. The van der Waals surface area contributed by atoms with Crippen LogP contribution >= 0.6 is 0 Å². The molecule has 1 heterocycles. The Balaban J connectivity index is 2.19. The fraction of sp³-hybridized carbons (Fsp3) is 0.273. The molecule has 6 heteroatoms. The van der Waals surface area contributed by atoms with Crippen LogP contribution in [0.25, 0.3) is 0 Å². The van der Waals surface area contributed by atoms with Gasteiger partial charge in [0.1, 0.15) is 11.6 Å². The Bertz CT molecular complexity index is 525. The van der Waals surface area contributed by atoms with Crippen LogP contribution in [0.3, 0.4) is 0 Å². The van der Waals surface area contributed by atoms with Crippen LogP contribution in [0.2, 0.25) is 0 Å². The van der Waals surface area contributed by atoms with E-state index in [4.69, 9.17) is 10.3 Å². The highest BCUT2D eigenvalue weighted by Crippen LogP contribution is 2.14. The van der Waals surface area contributed by atoms with Crippen molar-refractivity contribution in [2.75, 3.05) is 0 Å². The Morgan fingerprint density at radius 1 is 1.41 bits per heavy atom. The molecule has 0 aliphatic carbocycles. The summed E-state index contributed by atoms with van der Waals surface area (Å²) in [7, 11) is 0. The number of rotatable bonds is 3. The van der Waals surface area contributed by atoms with Gasteiger partial charge in [0.15, 0.2) is 5.82 Å². The van der Waals surface area contributed by atoms with Crippen LogP contribution in [0, 0.1) is 11.6 Å². The summed E-state index contributed by atoms with van der Waals surface area (Å²) in [5, 5.41) is 3.67. The molecule has 0 saturated heterocycles. The zero-order valence-electron chi connectivity index (χ0n) is 9.15. The van der Waals surface area contributed by atoms with Gasteiger partial charge in [-0.25, -0.2) is 8.78 Å². The van der Waals surface area contributed by atoms with Gasteiger partial charge in [0.25, 0.3) is 0 Å². The molecule has 1 aromatic heterocycles. The van der Waals surface area contributed by atoms with Crippen molar-refractivity contribution in [2.45, 2.75) is 19.4 Å². The summed E-state index contributed by atoms with van der Waals surface area (Å²) in [5.41, 5.74) is 5.86. The second-order valence-electron chi connectivity index (χ2n) is 3.75. The van der Waals surface area contributed by atoms with Crippen LogP contribution in [-0.4, -0.2) is 10.1 Å². The predicted octanol–water partition coefficient (Wildman–Crippen LogP) is 1.96. The summed E-state index contributed by atoms with van der Waals surface area (Å²) < 4.78 is 30.9. The highest BCUT2D eigenvalue weighted by Gasteiger charge is 2.12. The minimum absolute atomic E-state index is 0.141. The van der Waals surface area contributed by atoms with Gasteiger partial charge in [-0.15, -0.1) is 0 Å². The van der Waals surface area contributed by atoms with Crippen LogP contribution in [0.15, 0.2) is 22.7 Å². The maximum absolute atomic E-state index is 13.4. The van der Waals surface area contributed by atoms with E-state index >= 15 is 0 Å². The third-order valence-corrected chi connectivity index (χ3v) is 2.24. The lowest BCUT2D eigenvalue weighted by molar-refractivity contribution is 0.357. The predicted molar refractivity (Wildman–Crippen MR) is 56.1 cm³/mol. The SMILES string of the molecule is C[C@H](N)c1nc(Cc2ccc(F)cc2F)no1. The Kier molecular flexibility index (Phi) is 3.14. The van der Waals surface area contributed by atoms with E-state index in [0.717, 1.165) is 6.07 Å². The van der Waals surface area contributed by atoms with E-state index in [1.807, 2.05) is 0 Å². The second-order valence-corrected chi connectivity index (χ2v) is 3.75. The first-order chi connectivity index (χ1) is 8.06. The number of hydrogen-bond donors (Lipinski definition) is 1. The monoisotopic (exact) mass is 239 g/mol. The van der Waals surface area contributed by atoms with Gasteiger partial charge in [0.05, 0.1) is 6.04 Å². The fourth-order valence-electron chi connectivity index (χ4n) is 1.36. The molecule has 0 bridgehead atoms. The first-order valence-electron chi connectivity index (χ1n) is 5.08. The molecule has 0 fully saturated rings. The molecule has 1 atom stereocenters. The van der Waals surface area contributed by atoms with Crippen LogP contribution in [0.1, 0.15) is 30.2 Å². The van der Waals surface area contributed by atoms with Crippen molar-refractivity contribution in [2.24, 2.45) is 5.73 Å². The average molecular weight is 239 g/mol. The standard InChI is InChI=1S/C11H11F2N3O/c1-6(14)11-15-10(16-17-11)4-7-2-3-8(12)5-9(7)13/h2-3,5-6H,4,14H2,1H3/t6-/m0/s1. The maximum Gasteiger partial charge on any atom is 0.243 e. The lowest BCUT2D eigenvalue weighted by atomic mass is 10.1. The first-order valence-corrected chi connectivity index (χ1v) is 5.08. The molecule has 2 aromatic rings. The van der Waals surface area contributed by atoms with E-state index in [1.165, 1.54) is 12.1 Å². The number of benzene rings is 1. The summed E-state index contributed by atoms with van der Waals surface area (Å²) in [6, 6.07) is 2.99. The summed E-state index contributed by atoms with van der Waals surface area (Å²) in [6.07, 6.45) is 0.141. The molecule has 4 nitrogen and oxygen atoms in total. The Hall–Kier alpha value is -1.82. The average Bonchev–Trinajstić information content (AvgIpc) is 2.71. The smallest absolute Gasteiger partial charge is 0.243 e. The van der Waals surface area contributed by atoms with Crippen molar-refractivity contribution in [3.63, 3.8) is 0 Å². The minimum Gasteiger partial charge on any atom is -0.338 e. The molecule has 0 aliphatic heterocycles. The quantitative estimate of drug-likeness (QED) is 0.889. The fourth-order valence-corrected chi connectivity index (χ4v) is 1.36. The van der Waals surface area contributed by atoms with Gasteiger partial charge in [-0.05, 0) is 18.6 Å². The molecule has 0 saturated carbocycles. The Morgan fingerprint density at radius 3 is 2.76 bits per heavy atom. The third-order valence-electron chi connectivity index (χ3n) is 2.24. The second kappa shape index (κ2) is 4.58. The highest BCUT2D eigenvalue weighted by atomic mass is 19.1. The molecule has 0 aliphatic rings. The number of nitrogens with zero attached hydrogens (tertiary/aromatic N) is 2. The van der Waals surface area contributed by atoms with Crippen molar-refractivity contribution in [1.82, 2.24) is 10.1 Å².